The first kappa shape index (κ1) is 21.1. The summed E-state index contributed by atoms with van der Waals surface area (Å²) in [5.41, 5.74) is 1.46. The Kier molecular flexibility index (Phi) is 6.58. The second kappa shape index (κ2) is 9.34. The number of hydrogen-bond donors (Lipinski definition) is 1. The number of halogens is 1. The number of nitrogens with zero attached hydrogens (tertiary/aromatic N) is 5. The molecule has 158 valence electrons. The molecule has 30 heavy (non-hydrogen) atoms. The lowest BCUT2D eigenvalue weighted by atomic mass is 10.2. The zero-order valence-electron chi connectivity index (χ0n) is 17.1. The Balaban J connectivity index is 1.52. The van der Waals surface area contributed by atoms with Crippen LogP contribution in [0.15, 0.2) is 40.1 Å². The normalized spacial score (nSPS) is 14.1. The zero-order chi connectivity index (χ0) is 21.1. The van der Waals surface area contributed by atoms with Gasteiger partial charge in [-0.15, -0.1) is 0 Å². The first-order valence-electron chi connectivity index (χ1n) is 10.2. The van der Waals surface area contributed by atoms with Gasteiger partial charge in [0.25, 0.3) is 5.91 Å². The molecule has 2 aromatic heterocycles. The number of carbonyl (C=O) groups excluding carboxylic acids is 1. The molecular formula is C21H25BrN6OS. The third-order valence-electron chi connectivity index (χ3n) is 4.92. The van der Waals surface area contributed by atoms with E-state index in [9.17, 15) is 4.79 Å². The van der Waals surface area contributed by atoms with Crippen molar-refractivity contribution in [1.82, 2.24) is 25.1 Å². The SMILES string of the molecule is CC(C)Sc1nc(N2CCCC2)c2cnn(CCNC(=O)c3ccc(Br)cc3)c2n1. The molecule has 9 heteroatoms. The fourth-order valence-corrected chi connectivity index (χ4v) is 4.46. The van der Waals surface area contributed by atoms with E-state index in [1.807, 2.05) is 23.0 Å². The van der Waals surface area contributed by atoms with Crippen molar-refractivity contribution in [1.29, 1.82) is 0 Å². The maximum Gasteiger partial charge on any atom is 0.251 e. The van der Waals surface area contributed by atoms with Crippen LogP contribution in [0.3, 0.4) is 0 Å². The molecule has 7 nitrogen and oxygen atoms in total. The van der Waals surface area contributed by atoms with Gasteiger partial charge in [0.2, 0.25) is 0 Å². The maximum atomic E-state index is 12.4. The summed E-state index contributed by atoms with van der Waals surface area (Å²) >= 11 is 5.05. The van der Waals surface area contributed by atoms with E-state index in [1.54, 1.807) is 23.9 Å². The van der Waals surface area contributed by atoms with Gasteiger partial charge in [0, 0.05) is 34.9 Å². The lowest BCUT2D eigenvalue weighted by Gasteiger charge is -2.18. The first-order chi connectivity index (χ1) is 14.5. The van der Waals surface area contributed by atoms with Crippen LogP contribution >= 0.6 is 27.7 Å². The van der Waals surface area contributed by atoms with Crippen LogP contribution in [0.4, 0.5) is 5.82 Å². The van der Waals surface area contributed by atoms with Crippen LogP contribution in [0, 0.1) is 0 Å². The van der Waals surface area contributed by atoms with Crippen molar-refractivity contribution in [2.24, 2.45) is 0 Å². The summed E-state index contributed by atoms with van der Waals surface area (Å²) in [4.78, 5) is 24.3. The van der Waals surface area contributed by atoms with Gasteiger partial charge in [0.15, 0.2) is 10.8 Å². The van der Waals surface area contributed by atoms with Gasteiger partial charge in [0.05, 0.1) is 18.1 Å². The van der Waals surface area contributed by atoms with Crippen LogP contribution in [0.25, 0.3) is 11.0 Å². The Morgan fingerprint density at radius 1 is 1.20 bits per heavy atom. The number of fused-ring (bicyclic) bond motifs is 1. The Labute approximate surface area is 188 Å². The Morgan fingerprint density at radius 2 is 1.93 bits per heavy atom. The number of anilines is 1. The van der Waals surface area contributed by atoms with E-state index >= 15 is 0 Å². The molecule has 1 N–H and O–H groups in total. The van der Waals surface area contributed by atoms with Gasteiger partial charge in [-0.3, -0.25) is 4.79 Å². The molecule has 1 fully saturated rings. The van der Waals surface area contributed by atoms with Gasteiger partial charge < -0.3 is 10.2 Å². The number of carbonyl (C=O) groups is 1. The molecule has 0 radical (unpaired) electrons. The maximum absolute atomic E-state index is 12.4. The predicted octanol–water partition coefficient (Wildman–Crippen LogP) is 4.12. The number of hydrogen-bond acceptors (Lipinski definition) is 6. The van der Waals surface area contributed by atoms with E-state index in [0.29, 0.717) is 23.9 Å². The minimum Gasteiger partial charge on any atom is -0.356 e. The number of benzene rings is 1. The van der Waals surface area contributed by atoms with E-state index in [0.717, 1.165) is 39.6 Å². The minimum atomic E-state index is -0.0950. The molecule has 1 aromatic carbocycles. The van der Waals surface area contributed by atoms with Crippen molar-refractivity contribution in [2.75, 3.05) is 24.5 Å². The summed E-state index contributed by atoms with van der Waals surface area (Å²) in [5.74, 6) is 0.883. The molecule has 1 amide bonds. The molecule has 0 bridgehead atoms. The fraction of sp³-hybridized carbons (Fsp3) is 0.429. The highest BCUT2D eigenvalue weighted by molar-refractivity contribution is 9.10. The van der Waals surface area contributed by atoms with Gasteiger partial charge in [-0.25, -0.2) is 14.6 Å². The quantitative estimate of drug-likeness (QED) is 0.398. The van der Waals surface area contributed by atoms with E-state index in [2.05, 4.69) is 45.1 Å². The van der Waals surface area contributed by atoms with Gasteiger partial charge in [-0.2, -0.15) is 5.10 Å². The number of rotatable bonds is 7. The van der Waals surface area contributed by atoms with Crippen LogP contribution in [-0.2, 0) is 6.54 Å². The number of amides is 1. The summed E-state index contributed by atoms with van der Waals surface area (Å²) in [6, 6.07) is 7.32. The largest absolute Gasteiger partial charge is 0.356 e. The van der Waals surface area contributed by atoms with Crippen LogP contribution in [0.5, 0.6) is 0 Å². The smallest absolute Gasteiger partial charge is 0.251 e. The van der Waals surface area contributed by atoms with Crippen molar-refractivity contribution < 1.29 is 4.79 Å². The van der Waals surface area contributed by atoms with Crippen molar-refractivity contribution in [3.8, 4) is 0 Å². The fourth-order valence-electron chi connectivity index (χ4n) is 3.50. The Hall–Kier alpha value is -2.13. The zero-order valence-corrected chi connectivity index (χ0v) is 19.5. The van der Waals surface area contributed by atoms with E-state index in [4.69, 9.17) is 9.97 Å². The van der Waals surface area contributed by atoms with Crippen LogP contribution in [0.2, 0.25) is 0 Å². The van der Waals surface area contributed by atoms with Gasteiger partial charge >= 0.3 is 0 Å². The summed E-state index contributed by atoms with van der Waals surface area (Å²) in [5, 5.41) is 9.67. The minimum absolute atomic E-state index is 0.0950. The monoisotopic (exact) mass is 488 g/mol. The predicted molar refractivity (Wildman–Crippen MR) is 124 cm³/mol. The summed E-state index contributed by atoms with van der Waals surface area (Å²) in [7, 11) is 0. The number of nitrogens with one attached hydrogen (secondary N) is 1. The van der Waals surface area contributed by atoms with E-state index in [1.165, 1.54) is 12.8 Å². The van der Waals surface area contributed by atoms with E-state index < -0.39 is 0 Å². The molecule has 1 saturated heterocycles. The molecule has 0 saturated carbocycles. The molecule has 0 aliphatic carbocycles. The average Bonchev–Trinajstić information content (AvgIpc) is 3.38. The first-order valence-corrected chi connectivity index (χ1v) is 11.9. The summed E-state index contributed by atoms with van der Waals surface area (Å²) < 4.78 is 2.81. The van der Waals surface area contributed by atoms with Crippen molar-refractivity contribution in [3.63, 3.8) is 0 Å². The molecule has 1 aliphatic heterocycles. The molecule has 1 aliphatic rings. The van der Waals surface area contributed by atoms with Crippen molar-refractivity contribution in [3.05, 3.63) is 40.5 Å². The summed E-state index contributed by atoms with van der Waals surface area (Å²) in [6.07, 6.45) is 4.23. The molecule has 0 atom stereocenters. The van der Waals surface area contributed by atoms with Crippen LogP contribution in [0.1, 0.15) is 37.0 Å². The lowest BCUT2D eigenvalue weighted by molar-refractivity contribution is 0.0952. The average molecular weight is 489 g/mol. The molecule has 0 spiro atoms. The van der Waals surface area contributed by atoms with E-state index in [-0.39, 0.29) is 5.91 Å². The Morgan fingerprint density at radius 3 is 2.63 bits per heavy atom. The van der Waals surface area contributed by atoms with Crippen LogP contribution < -0.4 is 10.2 Å². The Bertz CT molecular complexity index is 1030. The molecule has 0 unspecified atom stereocenters. The molecule has 3 heterocycles. The molecule has 4 rings (SSSR count). The van der Waals surface area contributed by atoms with Crippen molar-refractivity contribution >= 4 is 50.5 Å². The lowest BCUT2D eigenvalue weighted by Crippen LogP contribution is -2.27. The van der Waals surface area contributed by atoms with Gasteiger partial charge in [0.1, 0.15) is 5.82 Å². The third kappa shape index (κ3) is 4.78. The summed E-state index contributed by atoms with van der Waals surface area (Å²) in [6.45, 7) is 7.35. The topological polar surface area (TPSA) is 75.9 Å². The number of aromatic nitrogens is 4. The highest BCUT2D eigenvalue weighted by Gasteiger charge is 2.21. The van der Waals surface area contributed by atoms with Gasteiger partial charge in [-0.1, -0.05) is 41.5 Å². The van der Waals surface area contributed by atoms with Gasteiger partial charge in [-0.05, 0) is 37.1 Å². The third-order valence-corrected chi connectivity index (χ3v) is 6.31. The molecule has 3 aromatic rings. The standard InChI is InChI=1S/C21H25BrN6OS/c1-14(2)30-21-25-18(27-10-3-4-11-27)17-13-24-28(19(17)26-21)12-9-23-20(29)15-5-7-16(22)8-6-15/h5-8,13-14H,3-4,9-12H2,1-2H3,(H,23,29). The van der Waals surface area contributed by atoms with Crippen LogP contribution in [-0.4, -0.2) is 50.5 Å². The highest BCUT2D eigenvalue weighted by atomic mass is 79.9. The highest BCUT2D eigenvalue weighted by Crippen LogP contribution is 2.30. The second-order valence-corrected chi connectivity index (χ2v) is 10.0. The molecular weight excluding hydrogens is 464 g/mol. The number of thioether (sulfide) groups is 1. The van der Waals surface area contributed by atoms with Crippen molar-refractivity contribution in [2.45, 2.75) is 43.6 Å². The second-order valence-electron chi connectivity index (χ2n) is 7.56.